The molecule has 2 aliphatic rings. The number of para-hydroxylation sites is 2. The molecule has 1 saturated heterocycles. The number of pyridine rings is 1. The van der Waals surface area contributed by atoms with Gasteiger partial charge in [-0.1, -0.05) is 48.5 Å². The van der Waals surface area contributed by atoms with Crippen molar-refractivity contribution in [2.45, 2.75) is 41.5 Å². The molecule has 152 valence electrons. The molecule has 1 atom stereocenters. The molecule has 1 amide bonds. The van der Waals surface area contributed by atoms with Crippen LogP contribution in [-0.4, -0.2) is 28.9 Å². The molecule has 1 aromatic heterocycles. The van der Waals surface area contributed by atoms with Crippen LogP contribution in [0.5, 0.6) is 0 Å². The second-order valence-electron chi connectivity index (χ2n) is 7.85. The minimum atomic E-state index is 0.158. The Morgan fingerprint density at radius 2 is 1.70 bits per heavy atom. The van der Waals surface area contributed by atoms with E-state index >= 15 is 0 Å². The lowest BCUT2D eigenvalue weighted by Crippen LogP contribution is -2.37. The number of hydrogen-bond donors (Lipinski definition) is 0. The Morgan fingerprint density at radius 3 is 2.40 bits per heavy atom. The molecular weight excluding hydrogens is 390 g/mol. The average Bonchev–Trinajstić information content (AvgIpc) is 2.81. The molecule has 2 aromatic carbocycles. The van der Waals surface area contributed by atoms with Crippen molar-refractivity contribution in [2.75, 3.05) is 18.0 Å². The molecular formula is C25H25N3OS. The summed E-state index contributed by atoms with van der Waals surface area (Å²) in [5.74, 6) is 0.158. The Balaban J connectivity index is 1.37. The van der Waals surface area contributed by atoms with Gasteiger partial charge in [0.15, 0.2) is 0 Å². The van der Waals surface area contributed by atoms with Crippen LogP contribution in [0.25, 0.3) is 0 Å². The lowest BCUT2D eigenvalue weighted by molar-refractivity contribution is -0.118. The van der Waals surface area contributed by atoms with Gasteiger partial charge < -0.3 is 0 Å². The monoisotopic (exact) mass is 415 g/mol. The molecule has 4 nitrogen and oxygen atoms in total. The Labute approximate surface area is 181 Å². The minimum absolute atomic E-state index is 0.158. The highest BCUT2D eigenvalue weighted by atomic mass is 32.2. The second kappa shape index (κ2) is 8.62. The number of carbonyl (C=O) groups excluding carboxylic acids is 1. The fraction of sp³-hybridized carbons (Fsp3) is 0.280. The predicted molar refractivity (Wildman–Crippen MR) is 121 cm³/mol. The van der Waals surface area contributed by atoms with Gasteiger partial charge in [0, 0.05) is 41.2 Å². The molecule has 0 N–H and O–H groups in total. The summed E-state index contributed by atoms with van der Waals surface area (Å²) in [4.78, 5) is 24.5. The molecule has 2 aliphatic heterocycles. The van der Waals surface area contributed by atoms with Crippen LogP contribution < -0.4 is 4.90 Å². The third-order valence-corrected chi connectivity index (χ3v) is 7.11. The van der Waals surface area contributed by atoms with Crippen LogP contribution in [0, 0.1) is 0 Å². The van der Waals surface area contributed by atoms with Crippen molar-refractivity contribution in [3.05, 3.63) is 78.6 Å². The first-order valence-corrected chi connectivity index (χ1v) is 11.5. The first-order chi connectivity index (χ1) is 14.8. The van der Waals surface area contributed by atoms with Crippen molar-refractivity contribution in [1.82, 2.24) is 9.88 Å². The third kappa shape index (κ3) is 3.75. The number of piperidine rings is 1. The van der Waals surface area contributed by atoms with E-state index in [4.69, 9.17) is 0 Å². The summed E-state index contributed by atoms with van der Waals surface area (Å²) in [5, 5.41) is 0. The fourth-order valence-electron chi connectivity index (χ4n) is 4.53. The quantitative estimate of drug-likeness (QED) is 0.537. The molecule has 3 heterocycles. The van der Waals surface area contributed by atoms with Gasteiger partial charge in [0.2, 0.25) is 5.91 Å². The van der Waals surface area contributed by atoms with Gasteiger partial charge in [-0.2, -0.15) is 0 Å². The van der Waals surface area contributed by atoms with Gasteiger partial charge in [0.1, 0.15) is 0 Å². The van der Waals surface area contributed by atoms with E-state index in [1.165, 1.54) is 18.4 Å². The van der Waals surface area contributed by atoms with Gasteiger partial charge in [-0.15, -0.1) is 0 Å². The molecule has 0 radical (unpaired) electrons. The molecule has 5 rings (SSSR count). The number of benzene rings is 2. The van der Waals surface area contributed by atoms with Gasteiger partial charge in [-0.3, -0.25) is 19.6 Å². The van der Waals surface area contributed by atoms with Crippen LogP contribution in [0.2, 0.25) is 0 Å². The Bertz CT molecular complexity index is 994. The van der Waals surface area contributed by atoms with Crippen LogP contribution >= 0.6 is 11.8 Å². The second-order valence-corrected chi connectivity index (χ2v) is 8.93. The third-order valence-electron chi connectivity index (χ3n) is 5.98. The molecule has 0 bridgehead atoms. The van der Waals surface area contributed by atoms with E-state index in [0.717, 1.165) is 40.7 Å². The highest BCUT2D eigenvalue weighted by molar-refractivity contribution is 7.99. The minimum Gasteiger partial charge on any atom is -0.296 e. The van der Waals surface area contributed by atoms with Gasteiger partial charge in [-0.25, -0.2) is 0 Å². The van der Waals surface area contributed by atoms with Crippen LogP contribution in [0.15, 0.2) is 82.8 Å². The average molecular weight is 416 g/mol. The lowest BCUT2D eigenvalue weighted by Gasteiger charge is -2.36. The van der Waals surface area contributed by atoms with Crippen LogP contribution in [0.3, 0.4) is 0 Å². The number of aromatic nitrogens is 1. The summed E-state index contributed by atoms with van der Waals surface area (Å²) in [6.07, 6.45) is 7.85. The smallest absolute Gasteiger partial charge is 0.232 e. The maximum Gasteiger partial charge on any atom is 0.232 e. The highest BCUT2D eigenvalue weighted by Crippen LogP contribution is 2.48. The van der Waals surface area contributed by atoms with Crippen molar-refractivity contribution in [2.24, 2.45) is 0 Å². The van der Waals surface area contributed by atoms with E-state index in [0.29, 0.717) is 12.5 Å². The Hall–Kier alpha value is -2.63. The number of anilines is 2. The largest absolute Gasteiger partial charge is 0.296 e. The molecule has 1 fully saturated rings. The number of nitrogens with zero attached hydrogens (tertiary/aromatic N) is 3. The summed E-state index contributed by atoms with van der Waals surface area (Å²) in [5.41, 5.74) is 3.25. The topological polar surface area (TPSA) is 36.4 Å². The fourth-order valence-corrected chi connectivity index (χ4v) is 5.59. The normalized spacial score (nSPS) is 18.5. The van der Waals surface area contributed by atoms with Crippen molar-refractivity contribution in [3.8, 4) is 0 Å². The van der Waals surface area contributed by atoms with Crippen molar-refractivity contribution < 1.29 is 4.79 Å². The van der Waals surface area contributed by atoms with E-state index < -0.39 is 0 Å². The number of hydrogen-bond acceptors (Lipinski definition) is 4. The summed E-state index contributed by atoms with van der Waals surface area (Å²) in [6.45, 7) is 1.81. The van der Waals surface area contributed by atoms with Gasteiger partial charge in [-0.05, 0) is 55.3 Å². The number of amides is 1. The van der Waals surface area contributed by atoms with Gasteiger partial charge in [0.25, 0.3) is 0 Å². The van der Waals surface area contributed by atoms with Gasteiger partial charge >= 0.3 is 0 Å². The predicted octanol–water partition coefficient (Wildman–Crippen LogP) is 5.83. The summed E-state index contributed by atoms with van der Waals surface area (Å²) in [7, 11) is 0. The van der Waals surface area contributed by atoms with Crippen LogP contribution in [-0.2, 0) is 4.79 Å². The maximum absolute atomic E-state index is 13.5. The summed E-state index contributed by atoms with van der Waals surface area (Å²) in [6, 6.07) is 20.9. The summed E-state index contributed by atoms with van der Waals surface area (Å²) >= 11 is 1.74. The molecule has 5 heteroatoms. The number of fused-ring (bicyclic) bond motifs is 2. The molecule has 0 unspecified atom stereocenters. The number of carbonyl (C=O) groups is 1. The SMILES string of the molecule is O=C(CCN1CCCC[C@@H]1c1cccnc1)N1c2ccccc2Sc2ccccc21. The Kier molecular flexibility index (Phi) is 5.56. The zero-order valence-electron chi connectivity index (χ0n) is 16.9. The number of likely N-dealkylation sites (tertiary alicyclic amines) is 1. The number of rotatable bonds is 4. The molecule has 3 aromatic rings. The van der Waals surface area contributed by atoms with E-state index in [1.54, 1.807) is 11.8 Å². The first kappa shape index (κ1) is 19.3. The van der Waals surface area contributed by atoms with E-state index in [2.05, 4.69) is 40.2 Å². The molecule has 0 spiro atoms. The molecule has 0 saturated carbocycles. The zero-order valence-corrected chi connectivity index (χ0v) is 17.7. The van der Waals surface area contributed by atoms with E-state index in [9.17, 15) is 4.79 Å². The van der Waals surface area contributed by atoms with Crippen LogP contribution in [0.4, 0.5) is 11.4 Å². The van der Waals surface area contributed by atoms with Crippen molar-refractivity contribution in [3.63, 3.8) is 0 Å². The van der Waals surface area contributed by atoms with E-state index in [-0.39, 0.29) is 5.91 Å². The highest BCUT2D eigenvalue weighted by Gasteiger charge is 2.29. The Morgan fingerprint density at radius 1 is 0.967 bits per heavy atom. The van der Waals surface area contributed by atoms with E-state index in [1.807, 2.05) is 47.6 Å². The van der Waals surface area contributed by atoms with Crippen molar-refractivity contribution >= 4 is 29.0 Å². The van der Waals surface area contributed by atoms with Gasteiger partial charge in [0.05, 0.1) is 11.4 Å². The lowest BCUT2D eigenvalue weighted by atomic mass is 9.96. The zero-order chi connectivity index (χ0) is 20.3. The maximum atomic E-state index is 13.5. The van der Waals surface area contributed by atoms with Crippen LogP contribution in [0.1, 0.15) is 37.3 Å². The summed E-state index contributed by atoms with van der Waals surface area (Å²) < 4.78 is 0. The molecule has 0 aliphatic carbocycles. The molecule has 30 heavy (non-hydrogen) atoms. The van der Waals surface area contributed by atoms with Crippen molar-refractivity contribution in [1.29, 1.82) is 0 Å². The first-order valence-electron chi connectivity index (χ1n) is 10.6. The standard InChI is InChI=1S/C25H25N3OS/c29-25(14-17-27-16-6-5-9-20(27)19-8-7-15-26-18-19)28-21-10-1-3-12-23(21)30-24-13-4-2-11-22(24)28/h1-4,7-8,10-13,15,18,20H,5-6,9,14,16-17H2/t20-/m1/s1.